The normalized spacial score (nSPS) is 25.5. The fourth-order valence-electron chi connectivity index (χ4n) is 4.42. The summed E-state index contributed by atoms with van der Waals surface area (Å²) in [6, 6.07) is 7.00. The van der Waals surface area contributed by atoms with Gasteiger partial charge in [0.1, 0.15) is 12.0 Å². The van der Waals surface area contributed by atoms with Gasteiger partial charge in [-0.3, -0.25) is 19.0 Å². The SMILES string of the molecule is CN1CC[C@H]2CN(C(=O)Cn3cnc4ccccc4c3=O)C[C@@]2(C(=O)O)C1. The molecule has 2 saturated heterocycles. The van der Waals surface area contributed by atoms with Crippen LogP contribution >= 0.6 is 0 Å². The third kappa shape index (κ3) is 2.90. The Balaban J connectivity index is 1.57. The Morgan fingerprint density at radius 2 is 2.07 bits per heavy atom. The van der Waals surface area contributed by atoms with Crippen LogP contribution in [0.2, 0.25) is 0 Å². The molecule has 0 bridgehead atoms. The van der Waals surface area contributed by atoms with Crippen LogP contribution in [0.15, 0.2) is 35.4 Å². The van der Waals surface area contributed by atoms with Crippen molar-refractivity contribution in [2.45, 2.75) is 13.0 Å². The summed E-state index contributed by atoms with van der Waals surface area (Å²) >= 11 is 0. The molecule has 0 spiro atoms. The molecular formula is C19H22N4O4. The van der Waals surface area contributed by atoms with E-state index in [-0.39, 0.29) is 30.5 Å². The standard InChI is InChI=1S/C19H22N4O4/c1-21-7-6-13-8-22(11-19(13,10-21)18(26)27)16(24)9-23-12-20-15-5-3-2-4-14(15)17(23)25/h2-5,12-13H,6-11H2,1H3,(H,26,27)/t13-,19-/m0/s1. The lowest BCUT2D eigenvalue weighted by Crippen LogP contribution is -2.52. The zero-order valence-corrected chi connectivity index (χ0v) is 15.2. The molecule has 2 aliphatic rings. The predicted molar refractivity (Wildman–Crippen MR) is 98.3 cm³/mol. The van der Waals surface area contributed by atoms with Crippen molar-refractivity contribution < 1.29 is 14.7 Å². The van der Waals surface area contributed by atoms with E-state index in [1.807, 2.05) is 11.9 Å². The Kier molecular flexibility index (Phi) is 4.22. The number of fused-ring (bicyclic) bond motifs is 2. The van der Waals surface area contributed by atoms with Crippen LogP contribution in [0.1, 0.15) is 6.42 Å². The minimum absolute atomic E-state index is 0.0541. The molecule has 4 rings (SSSR count). The average Bonchev–Trinajstić information content (AvgIpc) is 3.04. The summed E-state index contributed by atoms with van der Waals surface area (Å²) in [5.74, 6) is -1.15. The Morgan fingerprint density at radius 3 is 2.85 bits per heavy atom. The number of nitrogens with zero attached hydrogens (tertiary/aromatic N) is 4. The second-order valence-corrected chi connectivity index (χ2v) is 7.65. The summed E-state index contributed by atoms with van der Waals surface area (Å²) < 4.78 is 1.30. The van der Waals surface area contributed by atoms with Gasteiger partial charge in [-0.1, -0.05) is 12.1 Å². The van der Waals surface area contributed by atoms with Crippen LogP contribution in [0.3, 0.4) is 0 Å². The molecule has 0 aliphatic carbocycles. The molecule has 2 aromatic rings. The van der Waals surface area contributed by atoms with E-state index < -0.39 is 11.4 Å². The monoisotopic (exact) mass is 370 g/mol. The molecule has 3 heterocycles. The van der Waals surface area contributed by atoms with E-state index in [0.717, 1.165) is 13.0 Å². The van der Waals surface area contributed by atoms with Crippen molar-refractivity contribution in [3.63, 3.8) is 0 Å². The number of aliphatic carboxylic acids is 1. The Labute approximate surface area is 156 Å². The number of amides is 1. The predicted octanol–water partition coefficient (Wildman–Crippen LogP) is 0.261. The molecule has 1 aromatic carbocycles. The summed E-state index contributed by atoms with van der Waals surface area (Å²) in [4.78, 5) is 45.3. The summed E-state index contributed by atoms with van der Waals surface area (Å²) in [6.45, 7) is 1.75. The lowest BCUT2D eigenvalue weighted by atomic mass is 9.73. The molecule has 2 aliphatic heterocycles. The van der Waals surface area contributed by atoms with Crippen molar-refractivity contribution in [1.82, 2.24) is 19.4 Å². The molecule has 1 aromatic heterocycles. The minimum Gasteiger partial charge on any atom is -0.481 e. The molecule has 0 radical (unpaired) electrons. The number of likely N-dealkylation sites (tertiary alicyclic amines) is 2. The highest BCUT2D eigenvalue weighted by atomic mass is 16.4. The maximum atomic E-state index is 12.8. The Hall–Kier alpha value is -2.74. The van der Waals surface area contributed by atoms with Crippen molar-refractivity contribution in [2.24, 2.45) is 11.3 Å². The van der Waals surface area contributed by atoms with Gasteiger partial charge in [-0.2, -0.15) is 0 Å². The van der Waals surface area contributed by atoms with Crippen LogP contribution in [0.4, 0.5) is 0 Å². The van der Waals surface area contributed by atoms with Gasteiger partial charge in [0.15, 0.2) is 0 Å². The second-order valence-electron chi connectivity index (χ2n) is 7.65. The quantitative estimate of drug-likeness (QED) is 0.833. The zero-order chi connectivity index (χ0) is 19.2. The summed E-state index contributed by atoms with van der Waals surface area (Å²) in [7, 11) is 1.91. The highest BCUT2D eigenvalue weighted by Crippen LogP contribution is 2.42. The van der Waals surface area contributed by atoms with E-state index in [1.165, 1.54) is 10.9 Å². The van der Waals surface area contributed by atoms with Crippen LogP contribution in [-0.4, -0.2) is 69.6 Å². The molecule has 8 heteroatoms. The van der Waals surface area contributed by atoms with Crippen LogP contribution in [0.5, 0.6) is 0 Å². The van der Waals surface area contributed by atoms with Crippen LogP contribution in [0, 0.1) is 11.3 Å². The molecule has 0 unspecified atom stereocenters. The maximum Gasteiger partial charge on any atom is 0.313 e. The van der Waals surface area contributed by atoms with Crippen molar-refractivity contribution in [1.29, 1.82) is 0 Å². The van der Waals surface area contributed by atoms with Crippen LogP contribution < -0.4 is 5.56 Å². The van der Waals surface area contributed by atoms with E-state index in [9.17, 15) is 19.5 Å². The molecule has 1 N–H and O–H groups in total. The van der Waals surface area contributed by atoms with E-state index >= 15 is 0 Å². The average molecular weight is 370 g/mol. The number of carbonyl (C=O) groups excluding carboxylic acids is 1. The molecule has 1 amide bonds. The number of benzene rings is 1. The molecule has 8 nitrogen and oxygen atoms in total. The number of carboxylic acids is 1. The Morgan fingerprint density at radius 1 is 1.30 bits per heavy atom. The molecule has 2 atom stereocenters. The van der Waals surface area contributed by atoms with Gasteiger partial charge in [0.05, 0.1) is 17.2 Å². The van der Waals surface area contributed by atoms with Gasteiger partial charge in [0.25, 0.3) is 5.56 Å². The fourth-order valence-corrected chi connectivity index (χ4v) is 4.42. The maximum absolute atomic E-state index is 12.8. The van der Waals surface area contributed by atoms with Gasteiger partial charge in [-0.05, 0) is 38.1 Å². The number of rotatable bonds is 3. The first-order valence-electron chi connectivity index (χ1n) is 9.04. The summed E-state index contributed by atoms with van der Waals surface area (Å²) in [5, 5.41) is 10.3. The third-order valence-corrected chi connectivity index (χ3v) is 5.92. The lowest BCUT2D eigenvalue weighted by molar-refractivity contribution is -0.154. The first-order chi connectivity index (χ1) is 12.9. The van der Waals surface area contributed by atoms with Crippen LogP contribution in [-0.2, 0) is 16.1 Å². The van der Waals surface area contributed by atoms with E-state index in [1.54, 1.807) is 29.2 Å². The topological polar surface area (TPSA) is 95.7 Å². The smallest absolute Gasteiger partial charge is 0.313 e. The van der Waals surface area contributed by atoms with Gasteiger partial charge < -0.3 is 14.9 Å². The molecular weight excluding hydrogens is 348 g/mol. The van der Waals surface area contributed by atoms with Crippen molar-refractivity contribution in [3.8, 4) is 0 Å². The largest absolute Gasteiger partial charge is 0.481 e. The molecule has 0 saturated carbocycles. The first-order valence-corrected chi connectivity index (χ1v) is 9.04. The van der Waals surface area contributed by atoms with E-state index in [4.69, 9.17) is 0 Å². The number of hydrogen-bond donors (Lipinski definition) is 1. The highest BCUT2D eigenvalue weighted by Gasteiger charge is 2.55. The van der Waals surface area contributed by atoms with E-state index in [0.29, 0.717) is 24.0 Å². The van der Waals surface area contributed by atoms with Gasteiger partial charge in [0, 0.05) is 19.6 Å². The zero-order valence-electron chi connectivity index (χ0n) is 15.2. The van der Waals surface area contributed by atoms with Gasteiger partial charge in [0.2, 0.25) is 5.91 Å². The number of para-hydroxylation sites is 1. The van der Waals surface area contributed by atoms with Gasteiger partial charge in [-0.25, -0.2) is 4.98 Å². The van der Waals surface area contributed by atoms with Gasteiger partial charge in [-0.15, -0.1) is 0 Å². The first kappa shape index (κ1) is 17.7. The molecule has 142 valence electrons. The van der Waals surface area contributed by atoms with Crippen LogP contribution in [0.25, 0.3) is 10.9 Å². The fraction of sp³-hybridized carbons (Fsp3) is 0.474. The second kappa shape index (κ2) is 6.45. The molecule has 27 heavy (non-hydrogen) atoms. The van der Waals surface area contributed by atoms with Crippen molar-refractivity contribution in [2.75, 3.05) is 33.2 Å². The summed E-state index contributed by atoms with van der Waals surface area (Å²) in [5.41, 5.74) is -0.598. The number of piperidine rings is 1. The lowest BCUT2D eigenvalue weighted by Gasteiger charge is -2.39. The third-order valence-electron chi connectivity index (χ3n) is 5.92. The summed E-state index contributed by atoms with van der Waals surface area (Å²) in [6.07, 6.45) is 2.14. The van der Waals surface area contributed by atoms with E-state index in [2.05, 4.69) is 4.98 Å². The number of hydrogen-bond acceptors (Lipinski definition) is 5. The number of carboxylic acid groups (broad SMARTS) is 1. The number of carbonyl (C=O) groups is 2. The molecule has 2 fully saturated rings. The number of aromatic nitrogens is 2. The Bertz CT molecular complexity index is 972. The highest BCUT2D eigenvalue weighted by molar-refractivity contribution is 5.82. The van der Waals surface area contributed by atoms with Gasteiger partial charge >= 0.3 is 5.97 Å². The van der Waals surface area contributed by atoms with Crippen molar-refractivity contribution in [3.05, 3.63) is 40.9 Å². The van der Waals surface area contributed by atoms with Crippen molar-refractivity contribution >= 4 is 22.8 Å². The minimum atomic E-state index is -0.921.